The summed E-state index contributed by atoms with van der Waals surface area (Å²) in [5.41, 5.74) is 6.03. The van der Waals surface area contributed by atoms with Gasteiger partial charge in [0.2, 0.25) is 0 Å². The molecule has 6 aromatic rings. The van der Waals surface area contributed by atoms with Crippen molar-refractivity contribution < 1.29 is 37.0 Å². The highest BCUT2D eigenvalue weighted by Gasteiger charge is 2.31. The summed E-state index contributed by atoms with van der Waals surface area (Å²) in [5, 5.41) is 1.01. The van der Waals surface area contributed by atoms with E-state index in [0.717, 1.165) is 33.6 Å². The van der Waals surface area contributed by atoms with Gasteiger partial charge >= 0.3 is 18.3 Å². The number of rotatable bonds is 9. The van der Waals surface area contributed by atoms with E-state index in [4.69, 9.17) is 32.9 Å². The molecule has 0 aliphatic rings. The number of ether oxygens (including phenoxy) is 3. The molecular formula is C40H31Cl2F3N2O5. The van der Waals surface area contributed by atoms with Crippen molar-refractivity contribution in [2.45, 2.75) is 19.3 Å². The minimum atomic E-state index is -4.74. The minimum absolute atomic E-state index is 0.272. The van der Waals surface area contributed by atoms with Crippen molar-refractivity contribution in [3.63, 3.8) is 0 Å². The van der Waals surface area contributed by atoms with E-state index in [1.54, 1.807) is 60.7 Å². The molecule has 0 bridgehead atoms. The number of carbonyl (C=O) groups excluding carboxylic acids is 2. The van der Waals surface area contributed by atoms with Gasteiger partial charge in [-0.2, -0.15) is 0 Å². The van der Waals surface area contributed by atoms with Crippen LogP contribution in [0.5, 0.6) is 5.75 Å². The molecule has 7 nitrogen and oxygen atoms in total. The topological polar surface area (TPSA) is 79.7 Å². The Labute approximate surface area is 308 Å². The Bertz CT molecular complexity index is 2120. The predicted molar refractivity (Wildman–Crippen MR) is 194 cm³/mol. The van der Waals surface area contributed by atoms with Crippen molar-refractivity contribution >= 4 is 35.1 Å². The Hall–Kier alpha value is -5.58. The van der Waals surface area contributed by atoms with Crippen LogP contribution in [0.3, 0.4) is 0 Å². The fourth-order valence-corrected chi connectivity index (χ4v) is 5.66. The maximum Gasteiger partial charge on any atom is 0.573 e. The molecule has 1 heterocycles. The standard InChI is InChI=1S/C32H23Cl2F3N2O3.C8H8O2/c1-41-31(40)24-8-4-21(5-9-24)18-39-19-29(27-15-12-25(33)17-28(27)34)38-30(39)16-20-2-6-22(7-3-20)23-10-13-26(14-11-23)42-32(35,36)37;1-10-8(9)7-5-3-2-4-6-7/h2-15,17,19H,16,18H2,1H3;2-6H,1H3. The van der Waals surface area contributed by atoms with Crippen molar-refractivity contribution in [3.05, 3.63) is 166 Å². The Morgan fingerprint density at radius 1 is 0.712 bits per heavy atom. The Kier molecular flexibility index (Phi) is 12.4. The maximum absolute atomic E-state index is 12.5. The van der Waals surface area contributed by atoms with Gasteiger partial charge in [0.15, 0.2) is 0 Å². The van der Waals surface area contributed by atoms with E-state index in [1.165, 1.54) is 26.4 Å². The van der Waals surface area contributed by atoms with Crippen LogP contribution < -0.4 is 4.74 Å². The largest absolute Gasteiger partial charge is 0.573 e. The molecule has 52 heavy (non-hydrogen) atoms. The summed E-state index contributed by atoms with van der Waals surface area (Å²) >= 11 is 12.6. The molecule has 0 saturated carbocycles. The molecule has 12 heteroatoms. The van der Waals surface area contributed by atoms with Crippen molar-refractivity contribution in [1.29, 1.82) is 0 Å². The number of nitrogens with zero attached hydrogens (tertiary/aromatic N) is 2. The number of carbonyl (C=O) groups is 2. The van der Waals surface area contributed by atoms with Gasteiger partial charge in [-0.25, -0.2) is 14.6 Å². The van der Waals surface area contributed by atoms with E-state index in [-0.39, 0.29) is 11.7 Å². The van der Waals surface area contributed by atoms with Crippen LogP contribution in [-0.2, 0) is 22.4 Å². The number of alkyl halides is 3. The molecule has 1 aromatic heterocycles. The van der Waals surface area contributed by atoms with Crippen molar-refractivity contribution in [3.8, 4) is 28.1 Å². The lowest BCUT2D eigenvalue weighted by Crippen LogP contribution is -2.16. The second kappa shape index (κ2) is 17.1. The van der Waals surface area contributed by atoms with Gasteiger partial charge in [-0.1, -0.05) is 89.9 Å². The summed E-state index contributed by atoms with van der Waals surface area (Å²) in [5.74, 6) is -0.181. The van der Waals surface area contributed by atoms with Crippen LogP contribution in [0.15, 0.2) is 128 Å². The van der Waals surface area contributed by atoms with Crippen LogP contribution in [0.4, 0.5) is 13.2 Å². The summed E-state index contributed by atoms with van der Waals surface area (Å²) in [4.78, 5) is 27.5. The normalized spacial score (nSPS) is 10.9. The number of halogens is 5. The van der Waals surface area contributed by atoms with Crippen LogP contribution in [0.1, 0.15) is 37.7 Å². The fraction of sp³-hybridized carbons (Fsp3) is 0.125. The third-order valence-corrected chi connectivity index (χ3v) is 8.27. The highest BCUT2D eigenvalue weighted by atomic mass is 35.5. The molecule has 0 radical (unpaired) electrons. The van der Waals surface area contributed by atoms with E-state index >= 15 is 0 Å². The van der Waals surface area contributed by atoms with Crippen LogP contribution in [-0.4, -0.2) is 42.1 Å². The van der Waals surface area contributed by atoms with Gasteiger partial charge in [0, 0.05) is 29.7 Å². The molecule has 0 spiro atoms. The molecule has 6 rings (SSSR count). The van der Waals surface area contributed by atoms with Gasteiger partial charge in [0.25, 0.3) is 0 Å². The second-order valence-corrected chi connectivity index (χ2v) is 12.1. The summed E-state index contributed by atoms with van der Waals surface area (Å²) in [6, 6.07) is 34.8. The number of benzene rings is 5. The third-order valence-electron chi connectivity index (χ3n) is 7.73. The van der Waals surface area contributed by atoms with Gasteiger partial charge < -0.3 is 18.8 Å². The molecule has 0 saturated heterocycles. The lowest BCUT2D eigenvalue weighted by molar-refractivity contribution is -0.274. The fourth-order valence-electron chi connectivity index (χ4n) is 5.16. The highest BCUT2D eigenvalue weighted by molar-refractivity contribution is 6.36. The predicted octanol–water partition coefficient (Wildman–Crippen LogP) is 10.3. The lowest BCUT2D eigenvalue weighted by atomic mass is 10.0. The molecular weight excluding hydrogens is 716 g/mol. The monoisotopic (exact) mass is 746 g/mol. The van der Waals surface area contributed by atoms with Crippen LogP contribution in [0.25, 0.3) is 22.4 Å². The van der Waals surface area contributed by atoms with Crippen molar-refractivity contribution in [2.24, 2.45) is 0 Å². The Morgan fingerprint density at radius 3 is 1.83 bits per heavy atom. The van der Waals surface area contributed by atoms with Crippen LogP contribution >= 0.6 is 23.2 Å². The van der Waals surface area contributed by atoms with Crippen LogP contribution in [0, 0.1) is 0 Å². The maximum atomic E-state index is 12.5. The smallest absolute Gasteiger partial charge is 0.465 e. The first kappa shape index (κ1) is 37.7. The molecule has 0 aliphatic carbocycles. The number of imidazole rings is 1. The quantitative estimate of drug-likeness (QED) is 0.137. The molecule has 0 amide bonds. The number of methoxy groups -OCH3 is 2. The van der Waals surface area contributed by atoms with E-state index < -0.39 is 12.3 Å². The average Bonchev–Trinajstić information content (AvgIpc) is 3.52. The Morgan fingerprint density at radius 2 is 1.27 bits per heavy atom. The first-order chi connectivity index (χ1) is 24.9. The lowest BCUT2D eigenvalue weighted by Gasteiger charge is -2.10. The summed E-state index contributed by atoms with van der Waals surface area (Å²) in [6.07, 6.45) is -2.30. The first-order valence-electron chi connectivity index (χ1n) is 15.7. The zero-order valence-corrected chi connectivity index (χ0v) is 29.4. The van der Waals surface area contributed by atoms with Gasteiger partial charge in [-0.3, -0.25) is 0 Å². The van der Waals surface area contributed by atoms with E-state index in [0.29, 0.717) is 39.8 Å². The van der Waals surface area contributed by atoms with Gasteiger partial charge in [-0.15, -0.1) is 13.2 Å². The van der Waals surface area contributed by atoms with E-state index in [9.17, 15) is 22.8 Å². The van der Waals surface area contributed by atoms with E-state index in [2.05, 4.69) is 9.47 Å². The molecule has 0 aliphatic heterocycles. The summed E-state index contributed by atoms with van der Waals surface area (Å²) in [6.45, 7) is 0.499. The zero-order chi connectivity index (χ0) is 37.3. The summed E-state index contributed by atoms with van der Waals surface area (Å²) in [7, 11) is 2.71. The van der Waals surface area contributed by atoms with Gasteiger partial charge in [0.05, 0.1) is 36.1 Å². The SMILES string of the molecule is COC(=O)c1ccc(Cn2cc(-c3ccc(Cl)cc3Cl)nc2Cc2ccc(-c3ccc(OC(F)(F)F)cc3)cc2)cc1.COC(=O)c1ccccc1. The van der Waals surface area contributed by atoms with Crippen molar-refractivity contribution in [1.82, 2.24) is 9.55 Å². The van der Waals surface area contributed by atoms with Gasteiger partial charge in [0.1, 0.15) is 11.6 Å². The molecule has 5 aromatic carbocycles. The molecule has 0 fully saturated rings. The molecule has 266 valence electrons. The highest BCUT2D eigenvalue weighted by Crippen LogP contribution is 2.31. The summed E-state index contributed by atoms with van der Waals surface area (Å²) < 4.78 is 52.7. The zero-order valence-electron chi connectivity index (χ0n) is 27.9. The van der Waals surface area contributed by atoms with E-state index in [1.807, 2.05) is 59.3 Å². The number of hydrogen-bond acceptors (Lipinski definition) is 6. The Balaban J connectivity index is 0.000000452. The second-order valence-electron chi connectivity index (χ2n) is 11.3. The number of hydrogen-bond donors (Lipinski definition) is 0. The molecule has 0 unspecified atom stereocenters. The number of esters is 2. The molecule has 0 N–H and O–H groups in total. The minimum Gasteiger partial charge on any atom is -0.465 e. The number of aromatic nitrogens is 2. The van der Waals surface area contributed by atoms with Gasteiger partial charge in [-0.05, 0) is 76.9 Å². The van der Waals surface area contributed by atoms with Crippen LogP contribution in [0.2, 0.25) is 10.0 Å². The average molecular weight is 748 g/mol. The molecule has 0 atom stereocenters. The third kappa shape index (κ3) is 10.2. The first-order valence-corrected chi connectivity index (χ1v) is 16.4. The van der Waals surface area contributed by atoms with Crippen molar-refractivity contribution in [2.75, 3.05) is 14.2 Å².